The van der Waals surface area contributed by atoms with Crippen molar-refractivity contribution in [1.82, 2.24) is 4.72 Å². The Morgan fingerprint density at radius 3 is 2.27 bits per heavy atom. The largest absolute Gasteiger partial charge is 0.495 e. The fraction of sp³-hybridized carbons (Fsp3) is 0.258. The van der Waals surface area contributed by atoms with Crippen LogP contribution in [-0.2, 0) is 21.2 Å². The molecule has 5 rings (SSSR count). The summed E-state index contributed by atoms with van der Waals surface area (Å²) in [7, 11) is -2.28. The average Bonchev–Trinajstić information content (AvgIpc) is 3.50. The monoisotopic (exact) mass is 590 g/mol. The van der Waals surface area contributed by atoms with Crippen LogP contribution in [0.5, 0.6) is 5.75 Å². The molecule has 1 atom stereocenters. The number of para-hydroxylation sites is 2. The van der Waals surface area contributed by atoms with Gasteiger partial charge in [-0.2, -0.15) is 0 Å². The Bertz CT molecular complexity index is 1570. The van der Waals surface area contributed by atoms with E-state index in [0.717, 1.165) is 21.9 Å². The highest BCUT2D eigenvalue weighted by Crippen LogP contribution is 2.33. The molecular formula is C31H34N4O4S2. The lowest BCUT2D eigenvalue weighted by Gasteiger charge is -2.38. The van der Waals surface area contributed by atoms with Crippen LogP contribution in [0.15, 0.2) is 95.2 Å². The number of piperazine rings is 1. The molecule has 8 nitrogen and oxygen atoms in total. The van der Waals surface area contributed by atoms with Crippen molar-refractivity contribution in [3.63, 3.8) is 0 Å². The van der Waals surface area contributed by atoms with E-state index in [1.165, 1.54) is 11.3 Å². The molecule has 3 aromatic carbocycles. The maximum Gasteiger partial charge on any atom is 0.243 e. The minimum atomic E-state index is -3.95. The molecule has 214 valence electrons. The normalized spacial score (nSPS) is 14.5. The highest BCUT2D eigenvalue weighted by molar-refractivity contribution is 7.89. The molecule has 1 amide bonds. The van der Waals surface area contributed by atoms with Gasteiger partial charge in [0.05, 0.1) is 24.9 Å². The van der Waals surface area contributed by atoms with Crippen LogP contribution in [0, 0.1) is 0 Å². The second kappa shape index (κ2) is 12.8. The summed E-state index contributed by atoms with van der Waals surface area (Å²) in [5, 5.41) is 4.81. The predicted octanol–water partition coefficient (Wildman–Crippen LogP) is 5.30. The zero-order valence-corrected chi connectivity index (χ0v) is 24.8. The third-order valence-corrected chi connectivity index (χ3v) is 9.57. The molecule has 0 spiro atoms. The molecular weight excluding hydrogens is 556 g/mol. The van der Waals surface area contributed by atoms with Gasteiger partial charge in [-0.25, -0.2) is 13.1 Å². The van der Waals surface area contributed by atoms with Crippen LogP contribution in [0.1, 0.15) is 23.4 Å². The number of hydrogen-bond acceptors (Lipinski definition) is 7. The Hall–Kier alpha value is -3.86. The van der Waals surface area contributed by atoms with Gasteiger partial charge >= 0.3 is 0 Å². The molecule has 1 fully saturated rings. The molecule has 0 unspecified atom stereocenters. The molecule has 0 bridgehead atoms. The van der Waals surface area contributed by atoms with Crippen LogP contribution in [-0.4, -0.2) is 47.6 Å². The fourth-order valence-corrected chi connectivity index (χ4v) is 7.22. The molecule has 2 heterocycles. The molecule has 1 aliphatic heterocycles. The maximum absolute atomic E-state index is 13.9. The van der Waals surface area contributed by atoms with Gasteiger partial charge in [-0.1, -0.05) is 48.5 Å². The van der Waals surface area contributed by atoms with Crippen LogP contribution >= 0.6 is 11.3 Å². The summed E-state index contributed by atoms with van der Waals surface area (Å²) in [5.41, 5.74) is 2.93. The summed E-state index contributed by atoms with van der Waals surface area (Å²) in [4.78, 5) is 18.1. The first-order valence-electron chi connectivity index (χ1n) is 13.5. The van der Waals surface area contributed by atoms with Crippen LogP contribution < -0.4 is 24.6 Å². The number of anilines is 3. The van der Waals surface area contributed by atoms with Crippen LogP contribution in [0.2, 0.25) is 0 Å². The number of benzene rings is 3. The molecule has 10 heteroatoms. The molecule has 4 aromatic rings. The molecule has 41 heavy (non-hydrogen) atoms. The Balaban J connectivity index is 1.40. The number of nitrogens with one attached hydrogen (secondary N) is 2. The van der Waals surface area contributed by atoms with Crippen molar-refractivity contribution in [3.05, 3.63) is 101 Å². The first-order chi connectivity index (χ1) is 19.8. The predicted molar refractivity (Wildman–Crippen MR) is 166 cm³/mol. The molecule has 0 aliphatic carbocycles. The molecule has 0 radical (unpaired) electrons. The standard InChI is InChI=1S/C31H34N4O4S2/c1-23(24-9-4-3-5-10-24)33-41(37,38)30-21-25(32-31(36)22-26-11-8-20-40-26)14-15-28(30)35-18-16-34(17-19-35)27-12-6-7-13-29(27)39-2/h3-15,20-21,23,33H,16-19,22H2,1-2H3,(H,32,36)/t23-/m0/s1. The van der Waals surface area contributed by atoms with Gasteiger partial charge in [0.15, 0.2) is 0 Å². The summed E-state index contributed by atoms with van der Waals surface area (Å²) in [6, 6.07) is 25.9. The van der Waals surface area contributed by atoms with E-state index in [2.05, 4.69) is 19.8 Å². The minimum Gasteiger partial charge on any atom is -0.495 e. The van der Waals surface area contributed by atoms with Crippen molar-refractivity contribution in [2.45, 2.75) is 24.3 Å². The number of thiophene rings is 1. The highest BCUT2D eigenvalue weighted by atomic mass is 32.2. The lowest BCUT2D eigenvalue weighted by molar-refractivity contribution is -0.115. The van der Waals surface area contributed by atoms with Gasteiger partial charge in [0.2, 0.25) is 15.9 Å². The molecule has 1 saturated heterocycles. The molecule has 1 aliphatic rings. The van der Waals surface area contributed by atoms with Crippen LogP contribution in [0.4, 0.5) is 17.1 Å². The number of amides is 1. The summed E-state index contributed by atoms with van der Waals surface area (Å²) in [6.07, 6.45) is 0.232. The second-order valence-electron chi connectivity index (χ2n) is 9.89. The van der Waals surface area contributed by atoms with E-state index >= 15 is 0 Å². The smallest absolute Gasteiger partial charge is 0.243 e. The summed E-state index contributed by atoms with van der Waals surface area (Å²) < 4.78 is 36.1. The summed E-state index contributed by atoms with van der Waals surface area (Å²) in [5.74, 6) is 0.616. The van der Waals surface area contributed by atoms with E-state index in [0.29, 0.717) is 37.6 Å². The van der Waals surface area contributed by atoms with E-state index in [4.69, 9.17) is 4.74 Å². The number of sulfonamides is 1. The molecule has 2 N–H and O–H groups in total. The van der Waals surface area contributed by atoms with Crippen LogP contribution in [0.3, 0.4) is 0 Å². The molecule has 1 aromatic heterocycles. The zero-order chi connectivity index (χ0) is 28.8. The topological polar surface area (TPSA) is 91.0 Å². The third kappa shape index (κ3) is 6.90. The fourth-order valence-electron chi connectivity index (χ4n) is 5.03. The molecule has 0 saturated carbocycles. The Morgan fingerprint density at radius 2 is 1.59 bits per heavy atom. The van der Waals surface area contributed by atoms with E-state index < -0.39 is 16.1 Å². The van der Waals surface area contributed by atoms with Gasteiger partial charge in [0, 0.05) is 42.8 Å². The van der Waals surface area contributed by atoms with Crippen molar-refractivity contribution in [1.29, 1.82) is 0 Å². The van der Waals surface area contributed by atoms with Gasteiger partial charge in [-0.15, -0.1) is 11.3 Å². The number of rotatable bonds is 10. The first kappa shape index (κ1) is 28.7. The van der Waals surface area contributed by atoms with Crippen LogP contribution in [0.25, 0.3) is 0 Å². The second-order valence-corrected chi connectivity index (χ2v) is 12.6. The van der Waals surface area contributed by atoms with E-state index in [9.17, 15) is 13.2 Å². The number of nitrogens with zero attached hydrogens (tertiary/aromatic N) is 2. The number of carbonyl (C=O) groups is 1. The highest BCUT2D eigenvalue weighted by Gasteiger charge is 2.28. The lowest BCUT2D eigenvalue weighted by atomic mass is 10.1. The van der Waals surface area contributed by atoms with Crippen molar-refractivity contribution in [3.8, 4) is 5.75 Å². The van der Waals surface area contributed by atoms with Gasteiger partial charge in [0.1, 0.15) is 10.6 Å². The quantitative estimate of drug-likeness (QED) is 0.260. The Morgan fingerprint density at radius 1 is 0.902 bits per heavy atom. The summed E-state index contributed by atoms with van der Waals surface area (Å²) in [6.45, 7) is 4.48. The average molecular weight is 591 g/mol. The lowest BCUT2D eigenvalue weighted by Crippen LogP contribution is -2.47. The zero-order valence-electron chi connectivity index (χ0n) is 23.1. The number of ether oxygens (including phenoxy) is 1. The SMILES string of the molecule is COc1ccccc1N1CCN(c2ccc(NC(=O)Cc3cccs3)cc2S(=O)(=O)N[C@@H](C)c2ccccc2)CC1. The van der Waals surface area contributed by atoms with Crippen molar-refractivity contribution >= 4 is 44.3 Å². The van der Waals surface area contributed by atoms with Gasteiger partial charge in [-0.3, -0.25) is 4.79 Å². The van der Waals surface area contributed by atoms with Crippen molar-refractivity contribution < 1.29 is 17.9 Å². The summed E-state index contributed by atoms with van der Waals surface area (Å²) >= 11 is 1.51. The third-order valence-electron chi connectivity index (χ3n) is 7.13. The van der Waals surface area contributed by atoms with Gasteiger partial charge in [0.25, 0.3) is 0 Å². The van der Waals surface area contributed by atoms with Gasteiger partial charge < -0.3 is 19.9 Å². The number of carbonyl (C=O) groups excluding carboxylic acids is 1. The van der Waals surface area contributed by atoms with Crippen molar-refractivity contribution in [2.75, 3.05) is 48.4 Å². The van der Waals surface area contributed by atoms with Crippen molar-refractivity contribution in [2.24, 2.45) is 0 Å². The Labute approximate surface area is 245 Å². The first-order valence-corrected chi connectivity index (χ1v) is 15.9. The van der Waals surface area contributed by atoms with Gasteiger partial charge in [-0.05, 0) is 54.3 Å². The van der Waals surface area contributed by atoms with E-state index in [1.807, 2.05) is 79.0 Å². The van der Waals surface area contributed by atoms with E-state index in [1.54, 1.807) is 25.3 Å². The maximum atomic E-state index is 13.9. The minimum absolute atomic E-state index is 0.139. The number of hydrogen-bond donors (Lipinski definition) is 2. The van der Waals surface area contributed by atoms with E-state index in [-0.39, 0.29) is 17.2 Å². The Kier molecular flexibility index (Phi) is 8.92. The number of methoxy groups -OCH3 is 1.